The van der Waals surface area contributed by atoms with Crippen LogP contribution in [0.15, 0.2) is 24.3 Å². The predicted molar refractivity (Wildman–Crippen MR) is 80.7 cm³/mol. The zero-order chi connectivity index (χ0) is 14.0. The summed E-state index contributed by atoms with van der Waals surface area (Å²) in [5.41, 5.74) is 7.64. The molecule has 2 N–H and O–H groups in total. The van der Waals surface area contributed by atoms with Crippen LogP contribution >= 0.6 is 12.2 Å². The summed E-state index contributed by atoms with van der Waals surface area (Å²) in [5.74, 6) is 1.24. The quantitative estimate of drug-likeness (QED) is 0.859. The molecule has 2 rings (SSSR count). The standard InChI is InChI=1S/C15H20N2OS/c1-10(2)12-7-14(18)17(9-12)8-11-5-3-4-6-13(11)15(16)19/h3-6,10,12H,7-9H2,1-2H3,(H2,16,19). The average molecular weight is 276 g/mol. The number of carbonyl (C=O) groups excluding carboxylic acids is 1. The average Bonchev–Trinajstić information content (AvgIpc) is 2.72. The SMILES string of the molecule is CC(C)C1CC(=O)N(Cc2ccccc2C(N)=S)C1. The van der Waals surface area contributed by atoms with E-state index in [0.29, 0.717) is 29.8 Å². The van der Waals surface area contributed by atoms with Crippen LogP contribution in [0, 0.1) is 11.8 Å². The van der Waals surface area contributed by atoms with Gasteiger partial charge in [0.25, 0.3) is 0 Å². The Morgan fingerprint density at radius 3 is 2.74 bits per heavy atom. The molecule has 0 saturated carbocycles. The minimum atomic E-state index is 0.233. The maximum absolute atomic E-state index is 12.0. The number of thiocarbonyl (C=S) groups is 1. The molecule has 0 bridgehead atoms. The minimum Gasteiger partial charge on any atom is -0.389 e. The van der Waals surface area contributed by atoms with E-state index in [2.05, 4.69) is 13.8 Å². The fourth-order valence-corrected chi connectivity index (χ4v) is 2.71. The van der Waals surface area contributed by atoms with Gasteiger partial charge in [0.15, 0.2) is 0 Å². The molecule has 1 unspecified atom stereocenters. The lowest BCUT2D eigenvalue weighted by atomic mass is 9.95. The van der Waals surface area contributed by atoms with E-state index in [-0.39, 0.29) is 5.91 Å². The van der Waals surface area contributed by atoms with Crippen LogP contribution in [0.4, 0.5) is 0 Å². The van der Waals surface area contributed by atoms with Crippen molar-refractivity contribution >= 4 is 23.1 Å². The summed E-state index contributed by atoms with van der Waals surface area (Å²) in [7, 11) is 0. The zero-order valence-corrected chi connectivity index (χ0v) is 12.2. The molecule has 1 amide bonds. The van der Waals surface area contributed by atoms with Gasteiger partial charge in [0.1, 0.15) is 4.99 Å². The number of hydrogen-bond acceptors (Lipinski definition) is 2. The maximum atomic E-state index is 12.0. The van der Waals surface area contributed by atoms with Crippen molar-refractivity contribution in [2.24, 2.45) is 17.6 Å². The first kappa shape index (κ1) is 14.0. The Bertz CT molecular complexity index is 499. The highest BCUT2D eigenvalue weighted by Gasteiger charge is 2.31. The van der Waals surface area contributed by atoms with Crippen LogP contribution in [0.2, 0.25) is 0 Å². The minimum absolute atomic E-state index is 0.233. The Kier molecular flexibility index (Phi) is 4.20. The molecule has 19 heavy (non-hydrogen) atoms. The van der Waals surface area contributed by atoms with Crippen LogP contribution in [0.25, 0.3) is 0 Å². The van der Waals surface area contributed by atoms with Crippen LogP contribution < -0.4 is 5.73 Å². The van der Waals surface area contributed by atoms with E-state index in [9.17, 15) is 4.79 Å². The number of likely N-dealkylation sites (tertiary alicyclic amines) is 1. The van der Waals surface area contributed by atoms with Gasteiger partial charge < -0.3 is 10.6 Å². The second-order valence-corrected chi connectivity index (χ2v) is 5.94. The van der Waals surface area contributed by atoms with Crippen molar-refractivity contribution in [2.75, 3.05) is 6.54 Å². The zero-order valence-electron chi connectivity index (χ0n) is 11.4. The molecule has 1 fully saturated rings. The number of hydrogen-bond donors (Lipinski definition) is 1. The Hall–Kier alpha value is -1.42. The molecule has 1 atom stereocenters. The molecule has 4 heteroatoms. The van der Waals surface area contributed by atoms with Gasteiger partial charge in [-0.3, -0.25) is 4.79 Å². The smallest absolute Gasteiger partial charge is 0.223 e. The molecular formula is C15H20N2OS. The van der Waals surface area contributed by atoms with Crippen molar-refractivity contribution in [3.8, 4) is 0 Å². The fourth-order valence-electron chi connectivity index (χ4n) is 2.51. The Morgan fingerprint density at radius 2 is 2.16 bits per heavy atom. The first-order valence-corrected chi connectivity index (χ1v) is 7.05. The van der Waals surface area contributed by atoms with E-state index < -0.39 is 0 Å². The monoisotopic (exact) mass is 276 g/mol. The van der Waals surface area contributed by atoms with E-state index in [4.69, 9.17) is 18.0 Å². The highest BCUT2D eigenvalue weighted by Crippen LogP contribution is 2.26. The lowest BCUT2D eigenvalue weighted by Gasteiger charge is -2.19. The molecule has 1 saturated heterocycles. The number of nitrogens with two attached hydrogens (primary N) is 1. The third-order valence-electron chi connectivity index (χ3n) is 3.83. The Labute approximate surface area is 119 Å². The number of nitrogens with zero attached hydrogens (tertiary/aromatic N) is 1. The van der Waals surface area contributed by atoms with E-state index in [0.717, 1.165) is 17.7 Å². The Morgan fingerprint density at radius 1 is 1.47 bits per heavy atom. The molecule has 0 aliphatic carbocycles. The third kappa shape index (κ3) is 3.13. The summed E-state index contributed by atoms with van der Waals surface area (Å²) in [4.78, 5) is 14.3. The van der Waals surface area contributed by atoms with Crippen LogP contribution in [0.5, 0.6) is 0 Å². The molecule has 1 aliphatic heterocycles. The van der Waals surface area contributed by atoms with Crippen LogP contribution in [-0.2, 0) is 11.3 Å². The van der Waals surface area contributed by atoms with E-state index >= 15 is 0 Å². The topological polar surface area (TPSA) is 46.3 Å². The molecule has 102 valence electrons. The van der Waals surface area contributed by atoms with Crippen molar-refractivity contribution in [3.05, 3.63) is 35.4 Å². The highest BCUT2D eigenvalue weighted by atomic mass is 32.1. The maximum Gasteiger partial charge on any atom is 0.223 e. The lowest BCUT2D eigenvalue weighted by Crippen LogP contribution is -2.26. The van der Waals surface area contributed by atoms with Gasteiger partial charge in [-0.25, -0.2) is 0 Å². The van der Waals surface area contributed by atoms with Gasteiger partial charge in [-0.15, -0.1) is 0 Å². The van der Waals surface area contributed by atoms with Gasteiger partial charge in [-0.1, -0.05) is 50.3 Å². The molecule has 1 aromatic rings. The molecule has 0 aromatic heterocycles. The van der Waals surface area contributed by atoms with Gasteiger partial charge in [0.2, 0.25) is 5.91 Å². The van der Waals surface area contributed by atoms with Gasteiger partial charge in [-0.05, 0) is 17.4 Å². The normalized spacial score (nSPS) is 19.2. The summed E-state index contributed by atoms with van der Waals surface area (Å²) < 4.78 is 0. The summed E-state index contributed by atoms with van der Waals surface area (Å²) in [5, 5.41) is 0. The highest BCUT2D eigenvalue weighted by molar-refractivity contribution is 7.80. The lowest BCUT2D eigenvalue weighted by molar-refractivity contribution is -0.128. The molecular weight excluding hydrogens is 256 g/mol. The van der Waals surface area contributed by atoms with Gasteiger partial charge in [-0.2, -0.15) is 0 Å². The first-order chi connectivity index (χ1) is 8.99. The molecule has 0 radical (unpaired) electrons. The number of carbonyl (C=O) groups is 1. The van der Waals surface area contributed by atoms with Gasteiger partial charge >= 0.3 is 0 Å². The summed E-state index contributed by atoms with van der Waals surface area (Å²) in [6.45, 7) is 5.78. The molecule has 1 aliphatic rings. The van der Waals surface area contributed by atoms with Crippen molar-refractivity contribution in [1.29, 1.82) is 0 Å². The van der Waals surface area contributed by atoms with Crippen LogP contribution in [0.1, 0.15) is 31.4 Å². The molecule has 1 heterocycles. The van der Waals surface area contributed by atoms with E-state index in [1.54, 1.807) is 0 Å². The molecule has 1 aromatic carbocycles. The van der Waals surface area contributed by atoms with Crippen molar-refractivity contribution in [1.82, 2.24) is 4.90 Å². The second-order valence-electron chi connectivity index (χ2n) is 5.50. The van der Waals surface area contributed by atoms with Crippen LogP contribution in [0.3, 0.4) is 0 Å². The second kappa shape index (κ2) is 5.70. The summed E-state index contributed by atoms with van der Waals surface area (Å²) in [6.07, 6.45) is 0.660. The fraction of sp³-hybridized carbons (Fsp3) is 0.467. The van der Waals surface area contributed by atoms with Gasteiger partial charge in [0.05, 0.1) is 0 Å². The third-order valence-corrected chi connectivity index (χ3v) is 4.05. The first-order valence-electron chi connectivity index (χ1n) is 6.64. The molecule has 3 nitrogen and oxygen atoms in total. The number of benzene rings is 1. The van der Waals surface area contributed by atoms with E-state index in [1.807, 2.05) is 29.2 Å². The summed E-state index contributed by atoms with van der Waals surface area (Å²) >= 11 is 5.06. The van der Waals surface area contributed by atoms with Crippen molar-refractivity contribution in [3.63, 3.8) is 0 Å². The van der Waals surface area contributed by atoms with Crippen molar-refractivity contribution in [2.45, 2.75) is 26.8 Å². The largest absolute Gasteiger partial charge is 0.389 e. The van der Waals surface area contributed by atoms with Crippen LogP contribution in [-0.4, -0.2) is 22.3 Å². The van der Waals surface area contributed by atoms with Gasteiger partial charge in [0, 0.05) is 25.1 Å². The van der Waals surface area contributed by atoms with Crippen molar-refractivity contribution < 1.29 is 4.79 Å². The Balaban J connectivity index is 2.14. The number of rotatable bonds is 4. The molecule has 0 spiro atoms. The predicted octanol–water partition coefficient (Wildman–Crippen LogP) is 2.33. The number of amides is 1. The summed E-state index contributed by atoms with van der Waals surface area (Å²) in [6, 6.07) is 7.78. The van der Waals surface area contributed by atoms with E-state index in [1.165, 1.54) is 0 Å².